The molecule has 0 unspecified atom stereocenters. The molecule has 17 heavy (non-hydrogen) atoms. The summed E-state index contributed by atoms with van der Waals surface area (Å²) in [5, 5.41) is 0. The Bertz CT molecular complexity index is 216. The van der Waals surface area contributed by atoms with E-state index >= 15 is 0 Å². The number of allylic oxidation sites excluding steroid dienone is 4. The predicted molar refractivity (Wildman–Crippen MR) is 76.7 cm³/mol. The van der Waals surface area contributed by atoms with Crippen molar-refractivity contribution in [2.45, 2.75) is 67.2 Å². The van der Waals surface area contributed by atoms with Gasteiger partial charge in [-0.3, -0.25) is 0 Å². The molecule has 0 amide bonds. The van der Waals surface area contributed by atoms with Gasteiger partial charge in [0.1, 0.15) is 0 Å². The van der Waals surface area contributed by atoms with Gasteiger partial charge in [0.15, 0.2) is 0 Å². The van der Waals surface area contributed by atoms with Gasteiger partial charge in [0.25, 0.3) is 0 Å². The van der Waals surface area contributed by atoms with Gasteiger partial charge in [0, 0.05) is 0 Å². The van der Waals surface area contributed by atoms with Crippen LogP contribution in [0.3, 0.4) is 0 Å². The number of rotatable bonds is 8. The molecule has 0 aromatic carbocycles. The van der Waals surface area contributed by atoms with Gasteiger partial charge in [-0.05, 0) is 63.5 Å². The van der Waals surface area contributed by atoms with Gasteiger partial charge in [0.2, 0.25) is 0 Å². The normalized spacial score (nSPS) is 13.6. The molecule has 0 aromatic rings. The van der Waals surface area contributed by atoms with E-state index in [4.69, 9.17) is 4.74 Å². The second-order valence-corrected chi connectivity index (χ2v) is 4.81. The molecule has 0 spiro atoms. The third kappa shape index (κ3) is 7.25. The summed E-state index contributed by atoms with van der Waals surface area (Å²) in [5.41, 5.74) is 0. The largest absolute Gasteiger partial charge is 0.467 e. The first-order valence-electron chi connectivity index (χ1n) is 7.11. The molecule has 0 saturated carbocycles. The monoisotopic (exact) mass is 238 g/mol. The Kier molecular flexibility index (Phi) is 8.93. The minimum atomic E-state index is 0.649. The highest BCUT2D eigenvalue weighted by Crippen LogP contribution is 2.17. The fourth-order valence-corrected chi connectivity index (χ4v) is 2.03. The first kappa shape index (κ1) is 16.3. The second-order valence-electron chi connectivity index (χ2n) is 4.81. The van der Waals surface area contributed by atoms with Crippen molar-refractivity contribution in [2.24, 2.45) is 11.8 Å². The number of ether oxygens (including phenoxy) is 1. The highest BCUT2D eigenvalue weighted by molar-refractivity contribution is 5.01. The lowest BCUT2D eigenvalue weighted by Crippen LogP contribution is -1.97. The van der Waals surface area contributed by atoms with E-state index in [2.05, 4.69) is 53.7 Å². The fourth-order valence-electron chi connectivity index (χ4n) is 2.03. The molecule has 1 nitrogen and oxygen atoms in total. The standard InChI is InChI=1S/C16H30O/c1-7-15(8-2)11-13(5)17-14(6)12-16(9-3)10-4/h11-12,15-16H,7-10H2,1-6H3. The lowest BCUT2D eigenvalue weighted by Gasteiger charge is -2.13. The molecular formula is C16H30O. The van der Waals surface area contributed by atoms with Crippen LogP contribution in [0.15, 0.2) is 23.7 Å². The van der Waals surface area contributed by atoms with Crippen LogP contribution in [-0.2, 0) is 4.74 Å². The summed E-state index contributed by atoms with van der Waals surface area (Å²) in [5.74, 6) is 3.38. The predicted octanol–water partition coefficient (Wildman–Crippen LogP) is 5.68. The van der Waals surface area contributed by atoms with E-state index < -0.39 is 0 Å². The van der Waals surface area contributed by atoms with Crippen LogP contribution in [0.2, 0.25) is 0 Å². The van der Waals surface area contributed by atoms with Crippen molar-refractivity contribution >= 4 is 0 Å². The Morgan fingerprint density at radius 2 is 1.06 bits per heavy atom. The molecule has 0 aliphatic heterocycles. The highest BCUT2D eigenvalue weighted by atomic mass is 16.5. The SMILES string of the molecule is CCC(C=C(C)OC(C)=CC(CC)CC)CC. The fraction of sp³-hybridized carbons (Fsp3) is 0.750. The van der Waals surface area contributed by atoms with Gasteiger partial charge in [0.05, 0.1) is 11.5 Å². The Hall–Kier alpha value is -0.720. The van der Waals surface area contributed by atoms with Crippen molar-refractivity contribution in [3.8, 4) is 0 Å². The molecule has 100 valence electrons. The topological polar surface area (TPSA) is 9.23 Å². The zero-order valence-electron chi connectivity index (χ0n) is 12.5. The van der Waals surface area contributed by atoms with E-state index in [0.29, 0.717) is 11.8 Å². The molecule has 0 saturated heterocycles. The molecule has 1 heteroatoms. The summed E-state index contributed by atoms with van der Waals surface area (Å²) in [6.45, 7) is 13.0. The van der Waals surface area contributed by atoms with Gasteiger partial charge in [-0.1, -0.05) is 27.7 Å². The van der Waals surface area contributed by atoms with E-state index in [9.17, 15) is 0 Å². The summed E-state index contributed by atoms with van der Waals surface area (Å²) in [4.78, 5) is 0. The molecule has 0 aliphatic rings. The van der Waals surface area contributed by atoms with Crippen LogP contribution in [0.4, 0.5) is 0 Å². The second kappa shape index (κ2) is 9.32. The van der Waals surface area contributed by atoms with Gasteiger partial charge in [-0.2, -0.15) is 0 Å². The average Bonchev–Trinajstić information content (AvgIpc) is 2.32. The van der Waals surface area contributed by atoms with Crippen LogP contribution in [0.25, 0.3) is 0 Å². The molecular weight excluding hydrogens is 208 g/mol. The van der Waals surface area contributed by atoms with E-state index in [0.717, 1.165) is 11.5 Å². The molecule has 0 fully saturated rings. The Morgan fingerprint density at radius 1 is 0.765 bits per heavy atom. The van der Waals surface area contributed by atoms with Crippen LogP contribution in [0.1, 0.15) is 67.2 Å². The summed E-state index contributed by atoms with van der Waals surface area (Å²) >= 11 is 0. The van der Waals surface area contributed by atoms with E-state index in [1.54, 1.807) is 0 Å². The van der Waals surface area contributed by atoms with Crippen LogP contribution < -0.4 is 0 Å². The molecule has 0 radical (unpaired) electrons. The van der Waals surface area contributed by atoms with Crippen molar-refractivity contribution in [1.82, 2.24) is 0 Å². The summed E-state index contributed by atoms with van der Waals surface area (Å²) in [7, 11) is 0. The maximum Gasteiger partial charge on any atom is 0.0967 e. The molecule has 0 aromatic heterocycles. The average molecular weight is 238 g/mol. The smallest absolute Gasteiger partial charge is 0.0967 e. The van der Waals surface area contributed by atoms with Gasteiger partial charge < -0.3 is 4.74 Å². The maximum absolute atomic E-state index is 5.84. The lowest BCUT2D eigenvalue weighted by molar-refractivity contribution is 0.298. The van der Waals surface area contributed by atoms with Crippen molar-refractivity contribution < 1.29 is 4.74 Å². The number of hydrogen-bond acceptors (Lipinski definition) is 1. The van der Waals surface area contributed by atoms with Crippen LogP contribution >= 0.6 is 0 Å². The molecule has 0 N–H and O–H groups in total. The maximum atomic E-state index is 5.84. The van der Waals surface area contributed by atoms with Crippen LogP contribution in [0.5, 0.6) is 0 Å². The van der Waals surface area contributed by atoms with E-state index in [1.807, 2.05) is 0 Å². The minimum absolute atomic E-state index is 0.649. The van der Waals surface area contributed by atoms with Crippen molar-refractivity contribution in [2.75, 3.05) is 0 Å². The minimum Gasteiger partial charge on any atom is -0.467 e. The van der Waals surface area contributed by atoms with E-state index in [1.165, 1.54) is 25.7 Å². The Morgan fingerprint density at radius 3 is 1.29 bits per heavy atom. The summed E-state index contributed by atoms with van der Waals surface area (Å²) in [6, 6.07) is 0. The molecule has 0 aliphatic carbocycles. The highest BCUT2D eigenvalue weighted by Gasteiger charge is 2.03. The lowest BCUT2D eigenvalue weighted by atomic mass is 10.0. The van der Waals surface area contributed by atoms with Gasteiger partial charge in [-0.15, -0.1) is 0 Å². The zero-order valence-corrected chi connectivity index (χ0v) is 12.5. The first-order chi connectivity index (χ1) is 8.07. The Labute approximate surface area is 108 Å². The van der Waals surface area contributed by atoms with Gasteiger partial charge in [-0.25, -0.2) is 0 Å². The third-order valence-electron chi connectivity index (χ3n) is 3.36. The Balaban J connectivity index is 4.41. The quantitative estimate of drug-likeness (QED) is 0.494. The summed E-state index contributed by atoms with van der Waals surface area (Å²) in [6.07, 6.45) is 9.26. The zero-order chi connectivity index (χ0) is 13.3. The molecule has 0 bridgehead atoms. The van der Waals surface area contributed by atoms with Crippen LogP contribution in [-0.4, -0.2) is 0 Å². The number of hydrogen-bond donors (Lipinski definition) is 0. The molecule has 0 heterocycles. The molecule has 0 atom stereocenters. The first-order valence-corrected chi connectivity index (χ1v) is 7.11. The van der Waals surface area contributed by atoms with Gasteiger partial charge >= 0.3 is 0 Å². The third-order valence-corrected chi connectivity index (χ3v) is 3.36. The van der Waals surface area contributed by atoms with Crippen molar-refractivity contribution in [3.63, 3.8) is 0 Å². The van der Waals surface area contributed by atoms with Crippen LogP contribution in [0, 0.1) is 11.8 Å². The summed E-state index contributed by atoms with van der Waals surface area (Å²) < 4.78 is 5.84. The van der Waals surface area contributed by atoms with Crippen molar-refractivity contribution in [1.29, 1.82) is 0 Å². The van der Waals surface area contributed by atoms with Crippen molar-refractivity contribution in [3.05, 3.63) is 23.7 Å². The van der Waals surface area contributed by atoms with E-state index in [-0.39, 0.29) is 0 Å². The molecule has 0 rings (SSSR count).